The van der Waals surface area contributed by atoms with Gasteiger partial charge in [-0.05, 0) is 24.6 Å². The molecule has 0 aliphatic rings. The maximum absolute atomic E-state index is 10.8. The van der Waals surface area contributed by atoms with E-state index in [0.29, 0.717) is 10.8 Å². The summed E-state index contributed by atoms with van der Waals surface area (Å²) in [6.07, 6.45) is 1.29. The highest BCUT2D eigenvalue weighted by molar-refractivity contribution is 6.30. The van der Waals surface area contributed by atoms with E-state index >= 15 is 0 Å². The summed E-state index contributed by atoms with van der Waals surface area (Å²) in [6.45, 7) is 1.88. The maximum atomic E-state index is 10.8. The number of aryl methyl sites for hydroxylation is 1. The van der Waals surface area contributed by atoms with Gasteiger partial charge in [0, 0.05) is 0 Å². The molecule has 0 bridgehead atoms. The van der Waals surface area contributed by atoms with E-state index < -0.39 is 5.97 Å². The van der Waals surface area contributed by atoms with Crippen molar-refractivity contribution in [2.24, 2.45) is 0 Å². The number of carboxylic acid groups (broad SMARTS) is 1. The zero-order valence-corrected chi connectivity index (χ0v) is 8.12. The molecule has 0 aliphatic carbocycles. The monoisotopic (exact) mass is 210 g/mol. The van der Waals surface area contributed by atoms with Crippen molar-refractivity contribution in [3.8, 4) is 0 Å². The Kier molecular flexibility index (Phi) is 1.93. The fraction of sp³-hybridized carbons (Fsp3) is 0.111. The molecule has 0 saturated carbocycles. The third-order valence-electron chi connectivity index (χ3n) is 1.93. The normalized spacial score (nSPS) is 10.7. The van der Waals surface area contributed by atoms with E-state index in [9.17, 15) is 4.79 Å². The van der Waals surface area contributed by atoms with Crippen molar-refractivity contribution in [1.29, 1.82) is 0 Å². The van der Waals surface area contributed by atoms with Gasteiger partial charge in [-0.25, -0.2) is 9.78 Å². The molecular formula is C9H7ClN2O2. The lowest BCUT2D eigenvalue weighted by Crippen LogP contribution is -2.02. The molecule has 0 saturated heterocycles. The third kappa shape index (κ3) is 1.24. The average molecular weight is 211 g/mol. The predicted molar refractivity (Wildman–Crippen MR) is 51.9 cm³/mol. The molecule has 14 heavy (non-hydrogen) atoms. The van der Waals surface area contributed by atoms with Gasteiger partial charge in [0.25, 0.3) is 0 Å². The van der Waals surface area contributed by atoms with Gasteiger partial charge in [-0.2, -0.15) is 0 Å². The number of rotatable bonds is 1. The zero-order chi connectivity index (χ0) is 10.3. The highest BCUT2D eigenvalue weighted by Gasteiger charge is 2.12. The Balaban J connectivity index is 2.85. The Morgan fingerprint density at radius 3 is 2.93 bits per heavy atom. The molecule has 2 aromatic heterocycles. The van der Waals surface area contributed by atoms with Gasteiger partial charge < -0.3 is 5.11 Å². The number of halogens is 1. The molecule has 0 radical (unpaired) electrons. The average Bonchev–Trinajstić information content (AvgIpc) is 2.47. The van der Waals surface area contributed by atoms with E-state index in [4.69, 9.17) is 16.7 Å². The highest BCUT2D eigenvalue weighted by Crippen LogP contribution is 2.17. The molecule has 2 heterocycles. The van der Waals surface area contributed by atoms with Gasteiger partial charge in [-0.15, -0.1) is 0 Å². The van der Waals surface area contributed by atoms with Gasteiger partial charge in [0.15, 0.2) is 5.69 Å². The van der Waals surface area contributed by atoms with Crippen molar-refractivity contribution in [3.63, 3.8) is 0 Å². The molecule has 0 unspecified atom stereocenters. The standard InChI is InChI=1S/C9H7ClN2O2/c1-5-2-7(10)12-6(9(13)14)4-11-8(12)3-5/h2-4H,1H3,(H,13,14). The number of aromatic carboxylic acids is 1. The van der Waals surface area contributed by atoms with Crippen LogP contribution in [0.3, 0.4) is 0 Å². The second kappa shape index (κ2) is 2.99. The van der Waals surface area contributed by atoms with Crippen LogP contribution >= 0.6 is 11.6 Å². The number of fused-ring (bicyclic) bond motifs is 1. The van der Waals surface area contributed by atoms with Crippen LogP contribution in [-0.2, 0) is 0 Å². The molecule has 72 valence electrons. The molecule has 0 atom stereocenters. The molecule has 0 aliphatic heterocycles. The van der Waals surface area contributed by atoms with E-state index in [1.54, 1.807) is 12.1 Å². The summed E-state index contributed by atoms with van der Waals surface area (Å²) >= 11 is 5.91. The second-order valence-electron chi connectivity index (χ2n) is 3.00. The number of carbonyl (C=O) groups is 1. The van der Waals surface area contributed by atoms with Crippen molar-refractivity contribution in [3.05, 3.63) is 34.7 Å². The molecule has 2 rings (SSSR count). The number of hydrogen-bond donors (Lipinski definition) is 1. The van der Waals surface area contributed by atoms with Crippen LogP contribution in [0.2, 0.25) is 5.15 Å². The summed E-state index contributed by atoms with van der Waals surface area (Å²) in [5.74, 6) is -1.04. The van der Waals surface area contributed by atoms with E-state index in [-0.39, 0.29) is 5.69 Å². The lowest BCUT2D eigenvalue weighted by molar-refractivity contribution is 0.0689. The van der Waals surface area contributed by atoms with Crippen LogP contribution in [-0.4, -0.2) is 20.5 Å². The summed E-state index contributed by atoms with van der Waals surface area (Å²) in [5.41, 5.74) is 1.57. The summed E-state index contributed by atoms with van der Waals surface area (Å²) in [7, 11) is 0. The van der Waals surface area contributed by atoms with Gasteiger partial charge >= 0.3 is 5.97 Å². The Hall–Kier alpha value is -1.55. The smallest absolute Gasteiger partial charge is 0.354 e. The third-order valence-corrected chi connectivity index (χ3v) is 2.20. The minimum absolute atomic E-state index is 0.0741. The number of hydrogen-bond acceptors (Lipinski definition) is 2. The predicted octanol–water partition coefficient (Wildman–Crippen LogP) is 1.99. The minimum atomic E-state index is -1.04. The fourth-order valence-electron chi connectivity index (χ4n) is 1.34. The van der Waals surface area contributed by atoms with E-state index in [2.05, 4.69) is 4.98 Å². The molecule has 0 fully saturated rings. The quantitative estimate of drug-likeness (QED) is 0.733. The summed E-state index contributed by atoms with van der Waals surface area (Å²) in [5, 5.41) is 9.20. The van der Waals surface area contributed by atoms with Crippen molar-refractivity contribution >= 4 is 23.2 Å². The largest absolute Gasteiger partial charge is 0.477 e. The molecule has 0 amide bonds. The van der Waals surface area contributed by atoms with Gasteiger partial charge in [-0.3, -0.25) is 4.40 Å². The number of aromatic nitrogens is 2. The van der Waals surface area contributed by atoms with Crippen LogP contribution in [0.4, 0.5) is 0 Å². The second-order valence-corrected chi connectivity index (χ2v) is 3.38. The van der Waals surface area contributed by atoms with Crippen LogP contribution in [0.1, 0.15) is 16.1 Å². The lowest BCUT2D eigenvalue weighted by Gasteiger charge is -2.01. The highest BCUT2D eigenvalue weighted by atomic mass is 35.5. The van der Waals surface area contributed by atoms with Gasteiger partial charge in [0.1, 0.15) is 10.8 Å². The summed E-state index contributed by atoms with van der Waals surface area (Å²) in [4.78, 5) is 14.8. The van der Waals surface area contributed by atoms with Crippen molar-refractivity contribution in [2.75, 3.05) is 0 Å². The summed E-state index contributed by atoms with van der Waals surface area (Å²) < 4.78 is 1.40. The first-order valence-electron chi connectivity index (χ1n) is 3.96. The Morgan fingerprint density at radius 2 is 2.29 bits per heavy atom. The van der Waals surface area contributed by atoms with E-state index in [1.165, 1.54) is 10.6 Å². The number of nitrogens with zero attached hydrogens (tertiary/aromatic N) is 2. The van der Waals surface area contributed by atoms with Gasteiger partial charge in [0.05, 0.1) is 6.20 Å². The molecule has 2 aromatic rings. The topological polar surface area (TPSA) is 54.6 Å². The number of carboxylic acids is 1. The van der Waals surface area contributed by atoms with Gasteiger partial charge in [0.2, 0.25) is 0 Å². The van der Waals surface area contributed by atoms with E-state index in [1.807, 2.05) is 6.92 Å². The van der Waals surface area contributed by atoms with Crippen LogP contribution in [0.25, 0.3) is 5.65 Å². The first-order valence-corrected chi connectivity index (χ1v) is 4.34. The molecule has 1 N–H and O–H groups in total. The summed E-state index contributed by atoms with van der Waals surface area (Å²) in [6, 6.07) is 3.47. The molecule has 5 heteroatoms. The maximum Gasteiger partial charge on any atom is 0.354 e. The number of pyridine rings is 1. The van der Waals surface area contributed by atoms with Crippen molar-refractivity contribution in [1.82, 2.24) is 9.38 Å². The van der Waals surface area contributed by atoms with Crippen LogP contribution in [0, 0.1) is 6.92 Å². The first-order chi connectivity index (χ1) is 6.59. The fourth-order valence-corrected chi connectivity index (χ4v) is 1.69. The van der Waals surface area contributed by atoms with Crippen molar-refractivity contribution < 1.29 is 9.90 Å². The number of imidazole rings is 1. The van der Waals surface area contributed by atoms with Crippen LogP contribution < -0.4 is 0 Å². The van der Waals surface area contributed by atoms with Gasteiger partial charge in [-0.1, -0.05) is 11.6 Å². The Labute approximate surface area is 84.8 Å². The lowest BCUT2D eigenvalue weighted by atomic mass is 10.3. The van der Waals surface area contributed by atoms with Crippen molar-refractivity contribution in [2.45, 2.75) is 6.92 Å². The SMILES string of the molecule is Cc1cc(Cl)n2c(C(=O)O)cnc2c1. The molecular weight excluding hydrogens is 204 g/mol. The molecule has 0 spiro atoms. The Morgan fingerprint density at radius 1 is 1.57 bits per heavy atom. The van der Waals surface area contributed by atoms with Crippen LogP contribution in [0.15, 0.2) is 18.3 Å². The van der Waals surface area contributed by atoms with Crippen LogP contribution in [0.5, 0.6) is 0 Å². The molecule has 4 nitrogen and oxygen atoms in total. The zero-order valence-electron chi connectivity index (χ0n) is 7.36. The first kappa shape index (κ1) is 9.02. The Bertz CT molecular complexity index is 519. The van der Waals surface area contributed by atoms with E-state index in [0.717, 1.165) is 5.56 Å². The minimum Gasteiger partial charge on any atom is -0.477 e. The molecule has 0 aromatic carbocycles.